The Morgan fingerprint density at radius 2 is 1.64 bits per heavy atom. The molecule has 2 nitrogen and oxygen atoms in total. The maximum absolute atomic E-state index is 11.8. The Balaban J connectivity index is 2.24. The lowest BCUT2D eigenvalue weighted by Gasteiger charge is -2.26. The van der Waals surface area contributed by atoms with Crippen LogP contribution in [0.4, 0.5) is 0 Å². The summed E-state index contributed by atoms with van der Waals surface area (Å²) in [5.41, 5.74) is -0.352. The van der Waals surface area contributed by atoms with Gasteiger partial charge in [0.2, 0.25) is 0 Å². The zero-order chi connectivity index (χ0) is 16.6. The molecule has 0 aromatic heterocycles. The van der Waals surface area contributed by atoms with E-state index in [0.29, 0.717) is 12.3 Å². The van der Waals surface area contributed by atoms with Gasteiger partial charge in [-0.2, -0.15) is 0 Å². The third kappa shape index (κ3) is 8.80. The topological polar surface area (TPSA) is 26.3 Å². The largest absolute Gasteiger partial charge is 0.460 e. The van der Waals surface area contributed by atoms with E-state index >= 15 is 0 Å². The average molecular weight is 311 g/mol. The number of hydrogen-bond donors (Lipinski definition) is 0. The van der Waals surface area contributed by atoms with E-state index in [-0.39, 0.29) is 11.6 Å². The van der Waals surface area contributed by atoms with Crippen molar-refractivity contribution in [1.29, 1.82) is 0 Å². The molecule has 1 fully saturated rings. The van der Waals surface area contributed by atoms with Gasteiger partial charge in [0, 0.05) is 6.42 Å². The predicted octanol–water partition coefficient (Wildman–Crippen LogP) is 6.13. The van der Waals surface area contributed by atoms with Crippen molar-refractivity contribution in [2.75, 3.05) is 0 Å². The van der Waals surface area contributed by atoms with Crippen molar-refractivity contribution in [3.8, 4) is 0 Å². The fourth-order valence-corrected chi connectivity index (χ4v) is 3.77. The molecule has 1 saturated carbocycles. The summed E-state index contributed by atoms with van der Waals surface area (Å²) in [5.74, 6) is 2.46. The van der Waals surface area contributed by atoms with E-state index in [1.807, 2.05) is 20.8 Å². The van der Waals surface area contributed by atoms with E-state index in [0.717, 1.165) is 18.3 Å². The molecular formula is C20H38O2. The van der Waals surface area contributed by atoms with Crippen LogP contribution in [-0.2, 0) is 9.53 Å². The highest BCUT2D eigenvalue weighted by Crippen LogP contribution is 2.32. The Labute approximate surface area is 138 Å². The number of rotatable bonds is 6. The fraction of sp³-hybridized carbons (Fsp3) is 0.950. The summed E-state index contributed by atoms with van der Waals surface area (Å²) in [6, 6.07) is 0. The van der Waals surface area contributed by atoms with E-state index < -0.39 is 0 Å². The normalized spacial score (nSPS) is 25.1. The zero-order valence-corrected chi connectivity index (χ0v) is 15.6. The number of carbonyl (C=O) groups excluding carboxylic acids is 1. The first-order valence-electron chi connectivity index (χ1n) is 9.52. The third-order valence-electron chi connectivity index (χ3n) is 5.02. The highest BCUT2D eigenvalue weighted by molar-refractivity contribution is 5.69. The van der Waals surface area contributed by atoms with Gasteiger partial charge in [0.25, 0.3) is 0 Å². The van der Waals surface area contributed by atoms with E-state index in [4.69, 9.17) is 4.74 Å². The van der Waals surface area contributed by atoms with Gasteiger partial charge < -0.3 is 4.74 Å². The molecule has 0 heterocycles. The van der Waals surface area contributed by atoms with Gasteiger partial charge in [0.05, 0.1) is 0 Å². The van der Waals surface area contributed by atoms with Crippen LogP contribution in [0.5, 0.6) is 0 Å². The first-order valence-corrected chi connectivity index (χ1v) is 9.52. The lowest BCUT2D eigenvalue weighted by atomic mass is 9.80. The molecule has 0 amide bonds. The number of hydrogen-bond acceptors (Lipinski definition) is 2. The minimum atomic E-state index is -0.352. The Kier molecular flexibility index (Phi) is 8.49. The van der Waals surface area contributed by atoms with Crippen LogP contribution >= 0.6 is 0 Å². The maximum Gasteiger partial charge on any atom is 0.306 e. The van der Waals surface area contributed by atoms with Crippen LogP contribution < -0.4 is 0 Å². The first kappa shape index (κ1) is 19.5. The summed E-state index contributed by atoms with van der Waals surface area (Å²) >= 11 is 0. The number of carbonyl (C=O) groups is 1. The summed E-state index contributed by atoms with van der Waals surface area (Å²) in [6.07, 6.45) is 12.7. The fourth-order valence-electron chi connectivity index (χ4n) is 3.77. The van der Waals surface area contributed by atoms with Crippen LogP contribution in [0.25, 0.3) is 0 Å². The Bertz CT molecular complexity index is 306. The van der Waals surface area contributed by atoms with Crippen LogP contribution in [0.1, 0.15) is 98.8 Å². The molecule has 1 rings (SSSR count). The molecule has 0 aromatic rings. The van der Waals surface area contributed by atoms with Crippen molar-refractivity contribution in [2.24, 2.45) is 17.8 Å². The Hall–Kier alpha value is -0.530. The molecule has 0 bridgehead atoms. The van der Waals surface area contributed by atoms with Crippen molar-refractivity contribution < 1.29 is 9.53 Å². The second-order valence-corrected chi connectivity index (χ2v) is 8.47. The lowest BCUT2D eigenvalue weighted by molar-refractivity contribution is -0.155. The minimum absolute atomic E-state index is 0.0391. The molecule has 2 heteroatoms. The second-order valence-electron chi connectivity index (χ2n) is 8.47. The summed E-state index contributed by atoms with van der Waals surface area (Å²) in [4.78, 5) is 11.8. The molecule has 0 radical (unpaired) electrons. The number of esters is 1. The monoisotopic (exact) mass is 310 g/mol. The van der Waals surface area contributed by atoms with Gasteiger partial charge in [0.15, 0.2) is 0 Å². The van der Waals surface area contributed by atoms with Gasteiger partial charge in [-0.05, 0) is 51.4 Å². The van der Waals surface area contributed by atoms with Crippen molar-refractivity contribution in [3.05, 3.63) is 0 Å². The smallest absolute Gasteiger partial charge is 0.306 e. The predicted molar refractivity (Wildman–Crippen MR) is 93.8 cm³/mol. The highest BCUT2D eigenvalue weighted by atomic mass is 16.6. The molecule has 0 saturated heterocycles. The van der Waals surface area contributed by atoms with Crippen LogP contribution in [-0.4, -0.2) is 11.6 Å². The van der Waals surface area contributed by atoms with Crippen molar-refractivity contribution >= 4 is 5.97 Å². The van der Waals surface area contributed by atoms with Crippen LogP contribution in [0.2, 0.25) is 0 Å². The van der Waals surface area contributed by atoms with E-state index in [1.165, 1.54) is 51.4 Å². The summed E-state index contributed by atoms with van der Waals surface area (Å²) in [6.45, 7) is 10.5. The summed E-state index contributed by atoms with van der Waals surface area (Å²) < 4.78 is 5.40. The molecule has 0 aliphatic heterocycles. The molecule has 1 atom stereocenters. The van der Waals surface area contributed by atoms with Gasteiger partial charge in [-0.1, -0.05) is 58.8 Å². The Morgan fingerprint density at radius 3 is 2.14 bits per heavy atom. The van der Waals surface area contributed by atoms with Gasteiger partial charge in [-0.15, -0.1) is 0 Å². The van der Waals surface area contributed by atoms with E-state index in [2.05, 4.69) is 13.8 Å². The molecule has 1 unspecified atom stereocenters. The molecule has 130 valence electrons. The standard InChI is InChI=1S/C20H38O2/c1-6-17-9-7-11-18(12-8-10-17)15-16(2)13-14-19(21)22-20(3,4)5/h16-18H,6-15H2,1-5H3. The van der Waals surface area contributed by atoms with Crippen LogP contribution in [0.3, 0.4) is 0 Å². The van der Waals surface area contributed by atoms with E-state index in [9.17, 15) is 4.79 Å². The zero-order valence-electron chi connectivity index (χ0n) is 15.6. The number of ether oxygens (including phenoxy) is 1. The molecule has 0 spiro atoms. The molecule has 1 aliphatic carbocycles. The van der Waals surface area contributed by atoms with Gasteiger partial charge in [0.1, 0.15) is 5.60 Å². The quantitative estimate of drug-likeness (QED) is 0.551. The molecule has 0 aromatic carbocycles. The Morgan fingerprint density at radius 1 is 1.09 bits per heavy atom. The van der Waals surface area contributed by atoms with Crippen molar-refractivity contribution in [2.45, 2.75) is 104 Å². The third-order valence-corrected chi connectivity index (χ3v) is 5.02. The summed E-state index contributed by atoms with van der Waals surface area (Å²) in [7, 11) is 0. The average Bonchev–Trinajstić information content (AvgIpc) is 2.37. The first-order chi connectivity index (χ1) is 10.3. The lowest BCUT2D eigenvalue weighted by Crippen LogP contribution is -2.24. The van der Waals surface area contributed by atoms with Gasteiger partial charge in [-0.25, -0.2) is 0 Å². The molecule has 1 aliphatic rings. The molecule has 0 N–H and O–H groups in total. The summed E-state index contributed by atoms with van der Waals surface area (Å²) in [5, 5.41) is 0. The van der Waals surface area contributed by atoms with Crippen molar-refractivity contribution in [1.82, 2.24) is 0 Å². The van der Waals surface area contributed by atoms with E-state index in [1.54, 1.807) is 0 Å². The van der Waals surface area contributed by atoms with Gasteiger partial charge in [-0.3, -0.25) is 4.79 Å². The highest BCUT2D eigenvalue weighted by Gasteiger charge is 2.20. The van der Waals surface area contributed by atoms with Crippen molar-refractivity contribution in [3.63, 3.8) is 0 Å². The van der Waals surface area contributed by atoms with Crippen LogP contribution in [0, 0.1) is 17.8 Å². The molecule has 22 heavy (non-hydrogen) atoms. The van der Waals surface area contributed by atoms with Gasteiger partial charge >= 0.3 is 5.97 Å². The minimum Gasteiger partial charge on any atom is -0.460 e. The SMILES string of the molecule is CCC1CCCC(CC(C)CCC(=O)OC(C)(C)C)CCC1. The van der Waals surface area contributed by atoms with Crippen LogP contribution in [0.15, 0.2) is 0 Å². The molecular weight excluding hydrogens is 272 g/mol. The maximum atomic E-state index is 11.8. The second kappa shape index (κ2) is 9.57.